The number of amides is 1. The van der Waals surface area contributed by atoms with Gasteiger partial charge in [0, 0.05) is 10.8 Å². The van der Waals surface area contributed by atoms with Crippen LogP contribution < -0.4 is 11.1 Å². The molecule has 4 bridgehead atoms. The van der Waals surface area contributed by atoms with Crippen molar-refractivity contribution >= 4 is 29.1 Å². The van der Waals surface area contributed by atoms with Gasteiger partial charge in [-0.25, -0.2) is 0 Å². The molecule has 0 unspecified atom stereocenters. The smallest absolute Gasteiger partial charge is 0.234 e. The molecule has 0 spiro atoms. The summed E-state index contributed by atoms with van der Waals surface area (Å²) in [6, 6.07) is 10.1. The molecule has 0 radical (unpaired) electrons. The van der Waals surface area contributed by atoms with Gasteiger partial charge in [0.15, 0.2) is 0 Å². The van der Waals surface area contributed by atoms with Gasteiger partial charge in [0.2, 0.25) is 5.91 Å². The number of carbonyl (C=O) groups excluding carboxylic acids is 1. The summed E-state index contributed by atoms with van der Waals surface area (Å²) in [5, 5.41) is 3.16. The van der Waals surface area contributed by atoms with Crippen LogP contribution in [0.15, 0.2) is 30.3 Å². The van der Waals surface area contributed by atoms with Crippen LogP contribution in [0.2, 0.25) is 0 Å². The zero-order chi connectivity index (χ0) is 16.9. The third kappa shape index (κ3) is 2.75. The molecule has 24 heavy (non-hydrogen) atoms. The predicted octanol–water partition coefficient (Wildman–Crippen LogP) is 3.60. The van der Waals surface area contributed by atoms with Crippen molar-refractivity contribution in [2.45, 2.75) is 47.9 Å². The van der Waals surface area contributed by atoms with E-state index in [1.807, 2.05) is 18.2 Å². The van der Waals surface area contributed by atoms with Crippen molar-refractivity contribution in [2.24, 2.45) is 23.5 Å². The van der Waals surface area contributed by atoms with Crippen LogP contribution in [0.1, 0.15) is 43.7 Å². The van der Waals surface area contributed by atoms with E-state index in [0.717, 1.165) is 31.2 Å². The van der Waals surface area contributed by atoms with Crippen LogP contribution in [-0.4, -0.2) is 22.2 Å². The highest BCUT2D eigenvalue weighted by atomic mass is 35.5. The Morgan fingerprint density at radius 1 is 1.25 bits per heavy atom. The standard InChI is InChI=1S/C19H24Cl2N2O/c20-18-7-12-6-14(9-18)16(19(21,8-12)11-18)17(23-15(24)10-22)13-4-2-1-3-5-13/h1-5,12,14,16-17H,6-11,22H2,(H,23,24)/t12-,14-,16+,17-,18-,19-/m0/s1. The molecule has 0 aliphatic heterocycles. The summed E-state index contributed by atoms with van der Waals surface area (Å²) in [5.41, 5.74) is 6.67. The number of rotatable bonds is 4. The molecular weight excluding hydrogens is 343 g/mol. The van der Waals surface area contributed by atoms with E-state index in [-0.39, 0.29) is 34.2 Å². The van der Waals surface area contributed by atoms with Gasteiger partial charge in [-0.2, -0.15) is 0 Å². The average molecular weight is 367 g/mol. The van der Waals surface area contributed by atoms with Crippen LogP contribution in [0.5, 0.6) is 0 Å². The van der Waals surface area contributed by atoms with Crippen molar-refractivity contribution in [3.63, 3.8) is 0 Å². The minimum absolute atomic E-state index is 0.00191. The van der Waals surface area contributed by atoms with Gasteiger partial charge in [-0.05, 0) is 49.5 Å². The SMILES string of the molecule is NCC(=O)N[C@@H](c1ccccc1)[C@H]1[C@H]2C[C@H]3C[C@](Cl)(C2)C[C@@]1(Cl)C3. The Balaban J connectivity index is 1.71. The summed E-state index contributed by atoms with van der Waals surface area (Å²) in [6.45, 7) is -0.00191. The molecule has 0 heterocycles. The fourth-order valence-electron chi connectivity index (χ4n) is 5.84. The highest BCUT2D eigenvalue weighted by Gasteiger charge is 2.63. The van der Waals surface area contributed by atoms with Crippen LogP contribution in [0.3, 0.4) is 0 Å². The molecule has 1 aromatic rings. The zero-order valence-electron chi connectivity index (χ0n) is 13.7. The van der Waals surface area contributed by atoms with Crippen molar-refractivity contribution in [3.05, 3.63) is 35.9 Å². The lowest BCUT2D eigenvalue weighted by atomic mass is 9.49. The molecule has 0 aromatic heterocycles. The highest BCUT2D eigenvalue weighted by molar-refractivity contribution is 6.28. The van der Waals surface area contributed by atoms with Gasteiger partial charge in [-0.3, -0.25) is 4.79 Å². The molecule has 4 fully saturated rings. The van der Waals surface area contributed by atoms with Gasteiger partial charge in [0.1, 0.15) is 0 Å². The summed E-state index contributed by atoms with van der Waals surface area (Å²) in [4.78, 5) is 11.6. The molecule has 3 nitrogen and oxygen atoms in total. The molecule has 3 N–H and O–H groups in total. The molecule has 6 atom stereocenters. The molecule has 130 valence electrons. The Morgan fingerprint density at radius 2 is 2.00 bits per heavy atom. The average Bonchev–Trinajstić information content (AvgIpc) is 2.51. The van der Waals surface area contributed by atoms with E-state index in [2.05, 4.69) is 17.4 Å². The summed E-state index contributed by atoms with van der Waals surface area (Å²) in [6.07, 6.45) is 5.12. The second-order valence-electron chi connectivity index (χ2n) is 8.02. The maximum absolute atomic E-state index is 12.1. The molecular formula is C19H24Cl2N2O. The largest absolute Gasteiger partial charge is 0.348 e. The van der Waals surface area contributed by atoms with Crippen molar-refractivity contribution in [3.8, 4) is 0 Å². The molecule has 4 saturated carbocycles. The van der Waals surface area contributed by atoms with Gasteiger partial charge in [-0.1, -0.05) is 30.3 Å². The predicted molar refractivity (Wildman–Crippen MR) is 97.1 cm³/mol. The second-order valence-corrected chi connectivity index (χ2v) is 9.58. The fourth-order valence-corrected chi connectivity index (χ4v) is 7.34. The van der Waals surface area contributed by atoms with E-state index in [1.165, 1.54) is 6.42 Å². The van der Waals surface area contributed by atoms with Gasteiger partial charge in [0.25, 0.3) is 0 Å². The third-order valence-corrected chi connectivity index (χ3v) is 7.26. The van der Waals surface area contributed by atoms with Crippen molar-refractivity contribution in [2.75, 3.05) is 6.54 Å². The molecule has 4 aliphatic rings. The molecule has 1 aromatic carbocycles. The monoisotopic (exact) mass is 366 g/mol. The van der Waals surface area contributed by atoms with Crippen LogP contribution >= 0.6 is 23.2 Å². The summed E-state index contributed by atoms with van der Waals surface area (Å²) >= 11 is 14.1. The van der Waals surface area contributed by atoms with E-state index < -0.39 is 0 Å². The summed E-state index contributed by atoms with van der Waals surface area (Å²) in [5.74, 6) is 1.17. The number of carbonyl (C=O) groups is 1. The summed E-state index contributed by atoms with van der Waals surface area (Å²) in [7, 11) is 0. The van der Waals surface area contributed by atoms with Gasteiger partial charge in [-0.15, -0.1) is 23.2 Å². The van der Waals surface area contributed by atoms with Crippen molar-refractivity contribution < 1.29 is 4.79 Å². The number of hydrogen-bond acceptors (Lipinski definition) is 2. The highest BCUT2D eigenvalue weighted by Crippen LogP contribution is 2.66. The first kappa shape index (κ1) is 16.7. The lowest BCUT2D eigenvalue weighted by molar-refractivity contribution is -0.122. The third-order valence-electron chi connectivity index (χ3n) is 6.28. The van der Waals surface area contributed by atoms with E-state index in [1.54, 1.807) is 0 Å². The maximum atomic E-state index is 12.1. The quantitative estimate of drug-likeness (QED) is 0.799. The summed E-state index contributed by atoms with van der Waals surface area (Å²) < 4.78 is 0. The molecule has 1 amide bonds. The Hall–Kier alpha value is -0.770. The minimum atomic E-state index is -0.325. The lowest BCUT2D eigenvalue weighted by Gasteiger charge is -2.63. The first-order valence-corrected chi connectivity index (χ1v) is 9.60. The number of nitrogens with two attached hydrogens (primary N) is 1. The van der Waals surface area contributed by atoms with Crippen LogP contribution in [0, 0.1) is 17.8 Å². The maximum Gasteiger partial charge on any atom is 0.234 e. The Labute approximate surface area is 153 Å². The number of benzene rings is 1. The first-order chi connectivity index (χ1) is 11.4. The molecule has 5 heteroatoms. The topological polar surface area (TPSA) is 55.1 Å². The number of halogens is 2. The second kappa shape index (κ2) is 5.89. The molecule has 0 saturated heterocycles. The molecule has 5 rings (SSSR count). The van der Waals surface area contributed by atoms with Crippen LogP contribution in [0.4, 0.5) is 0 Å². The lowest BCUT2D eigenvalue weighted by Crippen LogP contribution is -2.62. The van der Waals surface area contributed by atoms with Crippen molar-refractivity contribution in [1.82, 2.24) is 5.32 Å². The van der Waals surface area contributed by atoms with E-state index in [0.29, 0.717) is 11.8 Å². The normalized spacial score (nSPS) is 41.2. The number of nitrogens with one attached hydrogen (secondary N) is 1. The van der Waals surface area contributed by atoms with Gasteiger partial charge in [0.05, 0.1) is 17.5 Å². The fraction of sp³-hybridized carbons (Fsp3) is 0.632. The Kier molecular flexibility index (Phi) is 4.10. The first-order valence-electron chi connectivity index (χ1n) is 8.85. The van der Waals surface area contributed by atoms with E-state index in [9.17, 15) is 4.79 Å². The molecule has 4 aliphatic carbocycles. The van der Waals surface area contributed by atoms with Crippen LogP contribution in [-0.2, 0) is 4.79 Å². The zero-order valence-corrected chi connectivity index (χ0v) is 15.2. The van der Waals surface area contributed by atoms with Gasteiger partial charge < -0.3 is 11.1 Å². The van der Waals surface area contributed by atoms with Crippen LogP contribution in [0.25, 0.3) is 0 Å². The van der Waals surface area contributed by atoms with Crippen molar-refractivity contribution in [1.29, 1.82) is 0 Å². The van der Waals surface area contributed by atoms with Gasteiger partial charge >= 0.3 is 0 Å². The number of alkyl halides is 2. The van der Waals surface area contributed by atoms with E-state index in [4.69, 9.17) is 28.9 Å². The Morgan fingerprint density at radius 3 is 2.62 bits per heavy atom. The Bertz CT molecular complexity index is 640. The minimum Gasteiger partial charge on any atom is -0.348 e. The number of hydrogen-bond donors (Lipinski definition) is 2. The van der Waals surface area contributed by atoms with E-state index >= 15 is 0 Å².